The minimum Gasteiger partial charge on any atom is -0.463 e. The van der Waals surface area contributed by atoms with Gasteiger partial charge in [0.05, 0.1) is 70.4 Å². The summed E-state index contributed by atoms with van der Waals surface area (Å²) in [7, 11) is 0. The number of nitrogens with two attached hydrogens (primary N) is 1. The molecular formula is C48H71N7O12. The number of carbonyl (C=O) groups excluding carboxylic acids is 3. The van der Waals surface area contributed by atoms with E-state index in [1.165, 1.54) is 6.33 Å². The van der Waals surface area contributed by atoms with Gasteiger partial charge in [0.2, 0.25) is 23.6 Å². The van der Waals surface area contributed by atoms with Crippen molar-refractivity contribution in [3.63, 3.8) is 0 Å². The molecule has 2 aromatic rings. The second-order valence-electron chi connectivity index (χ2n) is 19.1. The van der Waals surface area contributed by atoms with E-state index >= 15 is 0 Å². The molecule has 9 atom stereocenters. The maximum atomic E-state index is 12.7. The molecule has 0 saturated heterocycles. The fourth-order valence-electron chi connectivity index (χ4n) is 11.8. The average molecular weight is 938 g/mol. The highest BCUT2D eigenvalue weighted by Gasteiger charge is 2.70. The number of hydrogen-bond acceptors (Lipinski definition) is 16. The highest BCUT2D eigenvalue weighted by molar-refractivity contribution is 5.85. The molecule has 2 aromatic heterocycles. The van der Waals surface area contributed by atoms with Gasteiger partial charge in [-0.1, -0.05) is 32.1 Å². The van der Waals surface area contributed by atoms with Crippen molar-refractivity contribution in [1.82, 2.24) is 30.6 Å². The molecule has 19 nitrogen and oxygen atoms in total. The Kier molecular flexibility index (Phi) is 17.9. The van der Waals surface area contributed by atoms with Crippen molar-refractivity contribution < 1.29 is 57.8 Å². The second-order valence-corrected chi connectivity index (χ2v) is 19.1. The SMILES string of the molecule is C[C@]12CC[C@H](OCC(=O)NCCCCCC(=O)NCCOCCOCCOCCOCC#CCOc3nc(N)nc4[nH]cnc34)C[C@H]1CC[C@@H]1[C@H]2C[C@@H](O)[C@]2(C)[C@@H](C3=CC(=O)OC3)CC[C@]12O. The summed E-state index contributed by atoms with van der Waals surface area (Å²) < 4.78 is 38.9. The third-order valence-corrected chi connectivity index (χ3v) is 15.4. The fourth-order valence-corrected chi connectivity index (χ4v) is 11.8. The van der Waals surface area contributed by atoms with Crippen LogP contribution in [-0.4, -0.2) is 152 Å². The number of carbonyl (C=O) groups is 3. The van der Waals surface area contributed by atoms with Crippen molar-refractivity contribution in [2.24, 2.45) is 34.5 Å². The molecule has 0 spiro atoms. The van der Waals surface area contributed by atoms with Gasteiger partial charge in [0.1, 0.15) is 19.8 Å². The zero-order valence-electron chi connectivity index (χ0n) is 39.2. The smallest absolute Gasteiger partial charge is 0.331 e. The predicted octanol–water partition coefficient (Wildman–Crippen LogP) is 2.79. The third kappa shape index (κ3) is 12.3. The summed E-state index contributed by atoms with van der Waals surface area (Å²) in [6.45, 7) is 8.88. The number of aliphatic hydroxyl groups is 2. The molecule has 7 rings (SSSR count). The summed E-state index contributed by atoms with van der Waals surface area (Å²) in [5.41, 5.74) is 5.84. The van der Waals surface area contributed by atoms with E-state index in [0.717, 1.165) is 63.4 Å². The Hall–Kier alpha value is -4.42. The second kappa shape index (κ2) is 23.7. The van der Waals surface area contributed by atoms with Crippen LogP contribution >= 0.6 is 0 Å². The summed E-state index contributed by atoms with van der Waals surface area (Å²) in [5.74, 6) is 6.22. The van der Waals surface area contributed by atoms with E-state index in [-0.39, 0.29) is 85.3 Å². The maximum absolute atomic E-state index is 12.7. The van der Waals surface area contributed by atoms with Gasteiger partial charge in [-0.15, -0.1) is 0 Å². The molecule has 2 amide bonds. The van der Waals surface area contributed by atoms with E-state index in [4.69, 9.17) is 38.9 Å². The van der Waals surface area contributed by atoms with Crippen LogP contribution in [0.25, 0.3) is 11.2 Å². The van der Waals surface area contributed by atoms with Crippen LogP contribution in [-0.2, 0) is 42.8 Å². The van der Waals surface area contributed by atoms with Gasteiger partial charge in [0.15, 0.2) is 17.8 Å². The van der Waals surface area contributed by atoms with Crippen LogP contribution < -0.4 is 21.1 Å². The first-order valence-electron chi connectivity index (χ1n) is 24.2. The van der Waals surface area contributed by atoms with Gasteiger partial charge in [-0.25, -0.2) is 9.78 Å². The Balaban J connectivity index is 0.638. The molecule has 19 heteroatoms. The lowest BCUT2D eigenvalue weighted by atomic mass is 9.42. The lowest BCUT2D eigenvalue weighted by Crippen LogP contribution is -2.67. The number of cyclic esters (lactones) is 1. The Morgan fingerprint density at radius 1 is 0.881 bits per heavy atom. The number of fused-ring (bicyclic) bond motifs is 6. The summed E-state index contributed by atoms with van der Waals surface area (Å²) in [5, 5.41) is 30.1. The summed E-state index contributed by atoms with van der Waals surface area (Å²) in [4.78, 5) is 51.9. The number of nitrogen functional groups attached to an aromatic ring is 1. The molecule has 7 N–H and O–H groups in total. The summed E-state index contributed by atoms with van der Waals surface area (Å²) in [6.07, 6.45) is 11.7. The molecule has 0 aromatic carbocycles. The van der Waals surface area contributed by atoms with Gasteiger partial charge < -0.3 is 64.7 Å². The van der Waals surface area contributed by atoms with Crippen molar-refractivity contribution in [2.45, 2.75) is 109 Å². The first-order valence-corrected chi connectivity index (χ1v) is 24.2. The minimum absolute atomic E-state index is 0.00619. The number of rotatable bonds is 25. The molecule has 0 bridgehead atoms. The van der Waals surface area contributed by atoms with Crippen LogP contribution in [0.1, 0.15) is 90.9 Å². The normalized spacial score (nSPS) is 29.8. The van der Waals surface area contributed by atoms with Crippen molar-refractivity contribution >= 4 is 34.9 Å². The average Bonchev–Trinajstić information content (AvgIpc) is 4.04. The van der Waals surface area contributed by atoms with Gasteiger partial charge in [-0.3, -0.25) is 9.59 Å². The highest BCUT2D eigenvalue weighted by Crippen LogP contribution is 2.70. The monoisotopic (exact) mass is 938 g/mol. The molecular weight excluding hydrogens is 867 g/mol. The molecule has 67 heavy (non-hydrogen) atoms. The summed E-state index contributed by atoms with van der Waals surface area (Å²) in [6, 6.07) is 0. The number of ether oxygens (including phenoxy) is 7. The first-order chi connectivity index (χ1) is 32.4. The highest BCUT2D eigenvalue weighted by atomic mass is 16.6. The number of amides is 2. The number of esters is 1. The molecule has 4 saturated carbocycles. The summed E-state index contributed by atoms with van der Waals surface area (Å²) >= 11 is 0. The third-order valence-electron chi connectivity index (χ3n) is 15.4. The van der Waals surface area contributed by atoms with Gasteiger partial charge in [0.25, 0.3) is 0 Å². The number of nitrogens with one attached hydrogen (secondary N) is 3. The number of aliphatic hydroxyl groups excluding tert-OH is 1. The number of anilines is 1. The molecule has 3 heterocycles. The van der Waals surface area contributed by atoms with Gasteiger partial charge in [0, 0.05) is 31.0 Å². The molecule has 4 fully saturated rings. The zero-order valence-corrected chi connectivity index (χ0v) is 39.2. The van der Waals surface area contributed by atoms with E-state index in [1.54, 1.807) is 6.08 Å². The van der Waals surface area contributed by atoms with Crippen molar-refractivity contribution in [2.75, 3.05) is 91.5 Å². The van der Waals surface area contributed by atoms with E-state index < -0.39 is 17.1 Å². The number of H-pyrrole nitrogens is 1. The molecule has 5 aliphatic rings. The van der Waals surface area contributed by atoms with Crippen LogP contribution in [0.15, 0.2) is 18.0 Å². The number of aromatic nitrogens is 4. The van der Waals surface area contributed by atoms with E-state index in [2.05, 4.69) is 49.3 Å². The molecule has 0 radical (unpaired) electrons. The number of hydrogen-bond donors (Lipinski definition) is 6. The molecule has 0 unspecified atom stereocenters. The van der Waals surface area contributed by atoms with Crippen molar-refractivity contribution in [3.8, 4) is 17.7 Å². The molecule has 370 valence electrons. The van der Waals surface area contributed by atoms with Gasteiger partial charge in [-0.05, 0) is 98.9 Å². The zero-order chi connectivity index (χ0) is 47.3. The predicted molar refractivity (Wildman–Crippen MR) is 244 cm³/mol. The van der Waals surface area contributed by atoms with Gasteiger partial charge >= 0.3 is 5.97 Å². The van der Waals surface area contributed by atoms with Gasteiger partial charge in [-0.2, -0.15) is 9.97 Å². The quantitative estimate of drug-likeness (QED) is 0.0475. The standard InChI is InChI=1S/C48H71N7O12/c1-46-13-11-34(27-33(46)9-10-36-37(46)28-38(56)47(2)35(12-14-48(36,47)60)32-26-41(59)67-29-32)66-30-40(58)50-15-5-3-4-8-39(57)51-16-19-62-21-23-64-25-24-63-22-20-61-17-6-7-18-65-44-42-43(53-31-52-42)54-45(49)55-44/h26,31,33-38,56,60H,3-5,8-25,27-30H2,1-2H3,(H,50,58)(H,51,57)(H3,49,52,53,54,55)/t33-,34+,35-,36-,37-,38-,46+,47+,48+/m1/s1. The number of aromatic amines is 1. The molecule has 1 aliphatic heterocycles. The fraction of sp³-hybridized carbons (Fsp3) is 0.750. The van der Waals surface area contributed by atoms with E-state index in [9.17, 15) is 24.6 Å². The number of nitrogens with zero attached hydrogens (tertiary/aromatic N) is 3. The topological polar surface area (TPSA) is 261 Å². The van der Waals surface area contributed by atoms with Crippen LogP contribution in [0.5, 0.6) is 5.88 Å². The Labute approximate surface area is 392 Å². The number of imidazole rings is 1. The maximum Gasteiger partial charge on any atom is 0.331 e. The number of unbranched alkanes of at least 4 members (excludes halogenated alkanes) is 2. The van der Waals surface area contributed by atoms with Crippen LogP contribution in [0, 0.1) is 46.3 Å². The lowest BCUT2D eigenvalue weighted by Gasteiger charge is -2.65. The van der Waals surface area contributed by atoms with Crippen LogP contribution in [0.2, 0.25) is 0 Å². The largest absolute Gasteiger partial charge is 0.463 e. The first kappa shape index (κ1) is 50.5. The van der Waals surface area contributed by atoms with Crippen LogP contribution in [0.3, 0.4) is 0 Å². The van der Waals surface area contributed by atoms with E-state index in [1.807, 2.05) is 6.92 Å². The molecule has 4 aliphatic carbocycles. The Morgan fingerprint density at radius 2 is 1.63 bits per heavy atom. The Bertz CT molecular complexity index is 2080. The van der Waals surface area contributed by atoms with E-state index in [0.29, 0.717) is 95.7 Å². The van der Waals surface area contributed by atoms with Crippen LogP contribution in [0.4, 0.5) is 5.95 Å². The van der Waals surface area contributed by atoms with Crippen molar-refractivity contribution in [3.05, 3.63) is 18.0 Å². The minimum atomic E-state index is -0.993. The Morgan fingerprint density at radius 3 is 2.40 bits per heavy atom. The van der Waals surface area contributed by atoms with Crippen molar-refractivity contribution in [1.29, 1.82) is 0 Å². The lowest BCUT2D eigenvalue weighted by molar-refractivity contribution is -0.245.